The Morgan fingerprint density at radius 2 is 1.83 bits per heavy atom. The number of aromatic nitrogens is 2. The van der Waals surface area contributed by atoms with E-state index < -0.39 is 0 Å². The minimum Gasteiger partial charge on any atom is -0.259 e. The fourth-order valence-corrected chi connectivity index (χ4v) is 2.79. The molecule has 7 heteroatoms. The highest BCUT2D eigenvalue weighted by Gasteiger charge is 2.11. The van der Waals surface area contributed by atoms with Crippen LogP contribution < -0.4 is 5.43 Å². The summed E-state index contributed by atoms with van der Waals surface area (Å²) in [7, 11) is 0. The second-order valence-electron chi connectivity index (χ2n) is 4.81. The predicted molar refractivity (Wildman–Crippen MR) is 96.8 cm³/mol. The van der Waals surface area contributed by atoms with Crippen molar-refractivity contribution < 1.29 is 0 Å². The first kappa shape index (κ1) is 16.0. The standard InChI is InChI=1S/C16H11Cl3N4/c1-9(11-6-7-13(17)15(19)14(11)18)21-23-16-12-5-3-2-4-10(12)8-20-22-16/h2-8H,1H3,(H,22,23)/b21-9+. The molecule has 0 unspecified atom stereocenters. The van der Waals surface area contributed by atoms with Crippen molar-refractivity contribution in [1.29, 1.82) is 0 Å². The van der Waals surface area contributed by atoms with E-state index in [1.165, 1.54) is 0 Å². The first-order valence-corrected chi connectivity index (χ1v) is 7.86. The van der Waals surface area contributed by atoms with Crippen molar-refractivity contribution in [1.82, 2.24) is 10.2 Å². The van der Waals surface area contributed by atoms with Crippen LogP contribution in [0.25, 0.3) is 10.8 Å². The number of hydrogen-bond acceptors (Lipinski definition) is 4. The molecule has 0 saturated heterocycles. The van der Waals surface area contributed by atoms with Crippen molar-refractivity contribution in [2.45, 2.75) is 6.92 Å². The van der Waals surface area contributed by atoms with Crippen molar-refractivity contribution in [3.63, 3.8) is 0 Å². The van der Waals surface area contributed by atoms with Gasteiger partial charge in [-0.15, -0.1) is 5.10 Å². The highest BCUT2D eigenvalue weighted by atomic mass is 35.5. The lowest BCUT2D eigenvalue weighted by Crippen LogP contribution is -2.03. The van der Waals surface area contributed by atoms with Gasteiger partial charge in [-0.3, -0.25) is 5.43 Å². The van der Waals surface area contributed by atoms with E-state index in [1.54, 1.807) is 18.3 Å². The number of hydrazone groups is 1. The fourth-order valence-electron chi connectivity index (χ4n) is 2.11. The lowest BCUT2D eigenvalue weighted by molar-refractivity contribution is 1.04. The molecule has 1 aromatic heterocycles. The third-order valence-corrected chi connectivity index (χ3v) is 4.62. The molecular weight excluding hydrogens is 355 g/mol. The lowest BCUT2D eigenvalue weighted by Gasteiger charge is -2.08. The number of anilines is 1. The van der Waals surface area contributed by atoms with Crippen LogP contribution in [0.4, 0.5) is 5.82 Å². The molecule has 0 fully saturated rings. The van der Waals surface area contributed by atoms with Crippen LogP contribution in [-0.2, 0) is 0 Å². The van der Waals surface area contributed by atoms with E-state index in [0.717, 1.165) is 10.8 Å². The smallest absolute Gasteiger partial charge is 0.176 e. The first-order chi connectivity index (χ1) is 11.1. The molecule has 0 atom stereocenters. The Morgan fingerprint density at radius 3 is 2.65 bits per heavy atom. The van der Waals surface area contributed by atoms with E-state index in [4.69, 9.17) is 34.8 Å². The van der Waals surface area contributed by atoms with Gasteiger partial charge >= 0.3 is 0 Å². The Kier molecular flexibility index (Phi) is 4.66. The van der Waals surface area contributed by atoms with Crippen molar-refractivity contribution >= 4 is 57.1 Å². The minimum absolute atomic E-state index is 0.310. The van der Waals surface area contributed by atoms with Gasteiger partial charge in [0.05, 0.1) is 27.0 Å². The number of halogens is 3. The lowest BCUT2D eigenvalue weighted by atomic mass is 10.1. The molecule has 1 heterocycles. The molecule has 4 nitrogen and oxygen atoms in total. The molecule has 0 spiro atoms. The van der Waals surface area contributed by atoms with Gasteiger partial charge in [-0.1, -0.05) is 65.1 Å². The van der Waals surface area contributed by atoms with Crippen LogP contribution in [0.2, 0.25) is 15.1 Å². The molecule has 0 saturated carbocycles. The molecular formula is C16H11Cl3N4. The van der Waals surface area contributed by atoms with Gasteiger partial charge in [-0.25, -0.2) is 0 Å². The van der Waals surface area contributed by atoms with Gasteiger partial charge in [0.2, 0.25) is 0 Å². The largest absolute Gasteiger partial charge is 0.259 e. The molecule has 0 aliphatic rings. The normalized spacial score (nSPS) is 11.7. The summed E-state index contributed by atoms with van der Waals surface area (Å²) in [6.07, 6.45) is 1.70. The quantitative estimate of drug-likeness (QED) is 0.383. The number of nitrogens with zero attached hydrogens (tertiary/aromatic N) is 3. The Labute approximate surface area is 148 Å². The van der Waals surface area contributed by atoms with Crippen LogP contribution in [0.1, 0.15) is 12.5 Å². The topological polar surface area (TPSA) is 50.2 Å². The summed E-state index contributed by atoms with van der Waals surface area (Å²) in [4.78, 5) is 0. The van der Waals surface area contributed by atoms with Crippen molar-refractivity contribution in [3.05, 3.63) is 63.2 Å². The third-order valence-electron chi connectivity index (χ3n) is 3.32. The van der Waals surface area contributed by atoms with Crippen LogP contribution in [0.15, 0.2) is 47.7 Å². The van der Waals surface area contributed by atoms with Crippen LogP contribution in [-0.4, -0.2) is 15.9 Å². The summed E-state index contributed by atoms with van der Waals surface area (Å²) in [5, 5.41) is 15.4. The molecule has 2 aromatic carbocycles. The van der Waals surface area contributed by atoms with Gasteiger partial charge in [-0.2, -0.15) is 10.2 Å². The molecule has 23 heavy (non-hydrogen) atoms. The summed E-state index contributed by atoms with van der Waals surface area (Å²) < 4.78 is 0. The Balaban J connectivity index is 1.94. The zero-order chi connectivity index (χ0) is 16.4. The average Bonchev–Trinajstić information content (AvgIpc) is 2.57. The molecule has 0 amide bonds. The molecule has 3 aromatic rings. The van der Waals surface area contributed by atoms with Gasteiger partial charge in [-0.05, 0) is 13.0 Å². The van der Waals surface area contributed by atoms with Crippen molar-refractivity contribution in [2.75, 3.05) is 5.43 Å². The Bertz CT molecular complexity index is 904. The monoisotopic (exact) mass is 364 g/mol. The maximum absolute atomic E-state index is 6.22. The highest BCUT2D eigenvalue weighted by Crippen LogP contribution is 2.33. The van der Waals surface area contributed by atoms with E-state index in [9.17, 15) is 0 Å². The predicted octanol–water partition coefficient (Wildman–Crippen LogP) is 5.43. The SMILES string of the molecule is C/C(=N\Nc1nncc2ccccc12)c1ccc(Cl)c(Cl)c1Cl. The van der Waals surface area contributed by atoms with Crippen LogP contribution in [0.5, 0.6) is 0 Å². The molecule has 0 aliphatic heterocycles. The zero-order valence-corrected chi connectivity index (χ0v) is 14.3. The molecule has 1 N–H and O–H groups in total. The van der Waals surface area contributed by atoms with Crippen molar-refractivity contribution in [3.8, 4) is 0 Å². The maximum atomic E-state index is 6.22. The number of fused-ring (bicyclic) bond motifs is 1. The highest BCUT2D eigenvalue weighted by molar-refractivity contribution is 6.49. The van der Waals surface area contributed by atoms with Crippen molar-refractivity contribution in [2.24, 2.45) is 5.10 Å². The molecule has 3 rings (SSSR count). The Hall–Kier alpha value is -1.88. The number of nitrogens with one attached hydrogen (secondary N) is 1. The van der Waals surface area contributed by atoms with E-state index in [2.05, 4.69) is 20.7 Å². The maximum Gasteiger partial charge on any atom is 0.176 e. The molecule has 0 aliphatic carbocycles. The van der Waals surface area contributed by atoms with Crippen LogP contribution in [0, 0.1) is 0 Å². The number of hydrogen-bond donors (Lipinski definition) is 1. The van der Waals surface area contributed by atoms with Crippen LogP contribution in [0.3, 0.4) is 0 Å². The summed E-state index contributed by atoms with van der Waals surface area (Å²) in [6, 6.07) is 11.2. The summed E-state index contributed by atoms with van der Waals surface area (Å²) in [5.41, 5.74) is 4.28. The van der Waals surface area contributed by atoms with E-state index in [-0.39, 0.29) is 0 Å². The second-order valence-corrected chi connectivity index (χ2v) is 5.98. The second kappa shape index (κ2) is 6.71. The summed E-state index contributed by atoms with van der Waals surface area (Å²) >= 11 is 18.2. The molecule has 0 radical (unpaired) electrons. The summed E-state index contributed by atoms with van der Waals surface area (Å²) in [6.45, 7) is 1.82. The zero-order valence-electron chi connectivity index (χ0n) is 12.0. The van der Waals surface area contributed by atoms with Gasteiger partial charge in [0.25, 0.3) is 0 Å². The number of rotatable bonds is 3. The van der Waals surface area contributed by atoms with Crippen LogP contribution >= 0.6 is 34.8 Å². The van der Waals surface area contributed by atoms with E-state index >= 15 is 0 Å². The molecule has 0 bridgehead atoms. The fraction of sp³-hybridized carbons (Fsp3) is 0.0625. The van der Waals surface area contributed by atoms with E-state index in [0.29, 0.717) is 32.2 Å². The Morgan fingerprint density at radius 1 is 1.04 bits per heavy atom. The average molecular weight is 366 g/mol. The third kappa shape index (κ3) is 3.24. The number of benzene rings is 2. The van der Waals surface area contributed by atoms with Gasteiger partial charge in [0.15, 0.2) is 5.82 Å². The minimum atomic E-state index is 0.310. The van der Waals surface area contributed by atoms with E-state index in [1.807, 2.05) is 31.2 Å². The van der Waals surface area contributed by atoms with Gasteiger partial charge in [0, 0.05) is 16.3 Å². The van der Waals surface area contributed by atoms with Gasteiger partial charge < -0.3 is 0 Å². The van der Waals surface area contributed by atoms with Gasteiger partial charge in [0.1, 0.15) is 0 Å². The first-order valence-electron chi connectivity index (χ1n) is 6.72. The molecule has 116 valence electrons. The summed E-state index contributed by atoms with van der Waals surface area (Å²) in [5.74, 6) is 0.568.